The van der Waals surface area contributed by atoms with E-state index in [9.17, 15) is 9.90 Å². The second-order valence-electron chi connectivity index (χ2n) is 4.45. The number of fused-ring (bicyclic) bond motifs is 1. The number of hydrogen-bond donors (Lipinski definition) is 1. The molecule has 90 valence electrons. The molecule has 1 aliphatic carbocycles. The van der Waals surface area contributed by atoms with Gasteiger partial charge in [0.25, 0.3) is 0 Å². The molecule has 0 saturated carbocycles. The fourth-order valence-electron chi connectivity index (χ4n) is 2.31. The summed E-state index contributed by atoms with van der Waals surface area (Å²) in [6.07, 6.45) is 5.25. The summed E-state index contributed by atoms with van der Waals surface area (Å²) >= 11 is 0. The van der Waals surface area contributed by atoms with Crippen LogP contribution in [0.1, 0.15) is 32.6 Å². The van der Waals surface area contributed by atoms with Gasteiger partial charge in [0.05, 0.1) is 12.7 Å². The van der Waals surface area contributed by atoms with Gasteiger partial charge in [-0.15, -0.1) is 0 Å². The van der Waals surface area contributed by atoms with Crippen LogP contribution in [0.25, 0.3) is 0 Å². The number of carbonyl (C=O) groups excluding carboxylic acids is 1. The average molecular weight is 226 g/mol. The first-order chi connectivity index (χ1) is 7.66. The van der Waals surface area contributed by atoms with Crippen molar-refractivity contribution in [2.45, 2.75) is 50.4 Å². The van der Waals surface area contributed by atoms with Crippen LogP contribution in [-0.4, -0.2) is 35.5 Å². The van der Waals surface area contributed by atoms with Crippen LogP contribution in [0, 0.1) is 0 Å². The van der Waals surface area contributed by atoms with E-state index in [1.165, 1.54) is 0 Å². The standard InChI is InChI=1S/C12H18O4/c1-2-3-11(14)16-12-5-4-9(13)8-10(12)15-7-6-12/h4-5,9-10,13H,2-3,6-8H2,1H3/t9?,10-,12+/m1/s1. The van der Waals surface area contributed by atoms with Crippen molar-refractivity contribution in [3.05, 3.63) is 12.2 Å². The molecule has 0 spiro atoms. The molecule has 2 aliphatic rings. The van der Waals surface area contributed by atoms with Crippen LogP contribution in [0.3, 0.4) is 0 Å². The van der Waals surface area contributed by atoms with Crippen LogP contribution in [0.15, 0.2) is 12.2 Å². The minimum atomic E-state index is -0.620. The summed E-state index contributed by atoms with van der Waals surface area (Å²) in [5.74, 6) is -0.181. The minimum Gasteiger partial charge on any atom is -0.452 e. The number of rotatable bonds is 3. The fraction of sp³-hybridized carbons (Fsp3) is 0.750. The number of esters is 1. The van der Waals surface area contributed by atoms with E-state index in [0.717, 1.165) is 6.42 Å². The van der Waals surface area contributed by atoms with Crippen LogP contribution in [-0.2, 0) is 14.3 Å². The molecule has 4 nitrogen and oxygen atoms in total. The smallest absolute Gasteiger partial charge is 0.306 e. The fourth-order valence-corrected chi connectivity index (χ4v) is 2.31. The molecular formula is C12H18O4. The third-order valence-corrected chi connectivity index (χ3v) is 3.17. The Bertz CT molecular complexity index is 299. The van der Waals surface area contributed by atoms with Gasteiger partial charge in [-0.2, -0.15) is 0 Å². The molecule has 1 fully saturated rings. The molecule has 1 aliphatic heterocycles. The van der Waals surface area contributed by atoms with Gasteiger partial charge in [0, 0.05) is 19.3 Å². The Labute approximate surface area is 95.2 Å². The van der Waals surface area contributed by atoms with Crippen LogP contribution < -0.4 is 0 Å². The third kappa shape index (κ3) is 2.13. The zero-order valence-electron chi connectivity index (χ0n) is 9.52. The summed E-state index contributed by atoms with van der Waals surface area (Å²) in [6, 6.07) is 0. The molecule has 0 aromatic carbocycles. The van der Waals surface area contributed by atoms with Gasteiger partial charge in [0.15, 0.2) is 5.60 Å². The van der Waals surface area contributed by atoms with Gasteiger partial charge in [-0.25, -0.2) is 0 Å². The Morgan fingerprint density at radius 1 is 1.69 bits per heavy atom. The van der Waals surface area contributed by atoms with Crippen molar-refractivity contribution in [1.29, 1.82) is 0 Å². The van der Waals surface area contributed by atoms with E-state index < -0.39 is 11.7 Å². The molecule has 1 heterocycles. The lowest BCUT2D eigenvalue weighted by molar-refractivity contribution is -0.161. The summed E-state index contributed by atoms with van der Waals surface area (Å²) in [4.78, 5) is 11.6. The number of ether oxygens (including phenoxy) is 2. The van der Waals surface area contributed by atoms with Gasteiger partial charge in [-0.1, -0.05) is 13.0 Å². The molecule has 16 heavy (non-hydrogen) atoms. The van der Waals surface area contributed by atoms with E-state index in [1.54, 1.807) is 12.2 Å². The molecule has 1 unspecified atom stereocenters. The molecular weight excluding hydrogens is 208 g/mol. The third-order valence-electron chi connectivity index (χ3n) is 3.17. The Kier molecular flexibility index (Phi) is 3.30. The maximum absolute atomic E-state index is 11.6. The summed E-state index contributed by atoms with van der Waals surface area (Å²) in [6.45, 7) is 2.53. The summed E-state index contributed by atoms with van der Waals surface area (Å²) < 4.78 is 11.1. The maximum Gasteiger partial charge on any atom is 0.306 e. The van der Waals surface area contributed by atoms with Crippen molar-refractivity contribution in [3.63, 3.8) is 0 Å². The Morgan fingerprint density at radius 2 is 2.50 bits per heavy atom. The van der Waals surface area contributed by atoms with Gasteiger partial charge >= 0.3 is 5.97 Å². The van der Waals surface area contributed by atoms with Gasteiger partial charge in [-0.3, -0.25) is 4.79 Å². The van der Waals surface area contributed by atoms with E-state index in [1.807, 2.05) is 6.92 Å². The SMILES string of the molecule is CCCC(=O)O[C@]12C=CC(O)C[C@H]1OCC2. The highest BCUT2D eigenvalue weighted by Crippen LogP contribution is 2.37. The maximum atomic E-state index is 11.6. The zero-order valence-corrected chi connectivity index (χ0v) is 9.52. The molecule has 0 radical (unpaired) electrons. The van der Waals surface area contributed by atoms with Gasteiger partial charge < -0.3 is 14.6 Å². The Hall–Kier alpha value is -0.870. The molecule has 0 aromatic heterocycles. The van der Waals surface area contributed by atoms with Crippen molar-refractivity contribution in [3.8, 4) is 0 Å². The van der Waals surface area contributed by atoms with Crippen LogP contribution in [0.4, 0.5) is 0 Å². The molecule has 0 bridgehead atoms. The van der Waals surface area contributed by atoms with Gasteiger partial charge in [0.1, 0.15) is 6.10 Å². The monoisotopic (exact) mass is 226 g/mol. The van der Waals surface area contributed by atoms with E-state index in [-0.39, 0.29) is 12.1 Å². The zero-order chi connectivity index (χ0) is 11.6. The lowest BCUT2D eigenvalue weighted by Crippen LogP contribution is -2.45. The quantitative estimate of drug-likeness (QED) is 0.580. The van der Waals surface area contributed by atoms with E-state index in [0.29, 0.717) is 25.9 Å². The van der Waals surface area contributed by atoms with Crippen molar-refractivity contribution >= 4 is 5.97 Å². The molecule has 1 saturated heterocycles. The number of carbonyl (C=O) groups is 1. The van der Waals surface area contributed by atoms with Crippen molar-refractivity contribution in [1.82, 2.24) is 0 Å². The second-order valence-corrected chi connectivity index (χ2v) is 4.45. The lowest BCUT2D eigenvalue weighted by Gasteiger charge is -2.34. The Morgan fingerprint density at radius 3 is 3.25 bits per heavy atom. The number of aliphatic hydroxyl groups excluding tert-OH is 1. The van der Waals surface area contributed by atoms with Crippen LogP contribution in [0.5, 0.6) is 0 Å². The van der Waals surface area contributed by atoms with Crippen LogP contribution in [0.2, 0.25) is 0 Å². The predicted octanol–water partition coefficient (Wildman–Crippen LogP) is 1.18. The van der Waals surface area contributed by atoms with Crippen molar-refractivity contribution < 1.29 is 19.4 Å². The van der Waals surface area contributed by atoms with Gasteiger partial charge in [-0.05, 0) is 12.5 Å². The summed E-state index contributed by atoms with van der Waals surface area (Å²) in [7, 11) is 0. The highest BCUT2D eigenvalue weighted by molar-refractivity contribution is 5.70. The molecule has 4 heteroatoms. The second kappa shape index (κ2) is 4.55. The Balaban J connectivity index is 2.09. The summed E-state index contributed by atoms with van der Waals surface area (Å²) in [5, 5.41) is 9.50. The predicted molar refractivity (Wildman–Crippen MR) is 57.9 cm³/mol. The number of hydrogen-bond acceptors (Lipinski definition) is 4. The molecule has 2 rings (SSSR count). The minimum absolute atomic E-state index is 0.181. The average Bonchev–Trinajstić information content (AvgIpc) is 2.61. The highest BCUT2D eigenvalue weighted by atomic mass is 16.6. The summed E-state index contributed by atoms with van der Waals surface area (Å²) in [5.41, 5.74) is -0.620. The topological polar surface area (TPSA) is 55.8 Å². The first-order valence-corrected chi connectivity index (χ1v) is 5.87. The van der Waals surface area contributed by atoms with Crippen molar-refractivity contribution in [2.75, 3.05) is 6.61 Å². The highest BCUT2D eigenvalue weighted by Gasteiger charge is 2.48. The largest absolute Gasteiger partial charge is 0.452 e. The molecule has 0 amide bonds. The van der Waals surface area contributed by atoms with Crippen LogP contribution >= 0.6 is 0 Å². The van der Waals surface area contributed by atoms with Crippen molar-refractivity contribution in [2.24, 2.45) is 0 Å². The number of aliphatic hydroxyl groups is 1. The van der Waals surface area contributed by atoms with Gasteiger partial charge in [0.2, 0.25) is 0 Å². The van der Waals surface area contributed by atoms with E-state index >= 15 is 0 Å². The van der Waals surface area contributed by atoms with E-state index in [2.05, 4.69) is 0 Å². The molecule has 3 atom stereocenters. The normalized spacial score (nSPS) is 37.1. The lowest BCUT2D eigenvalue weighted by atomic mass is 9.86. The first kappa shape index (κ1) is 11.6. The first-order valence-electron chi connectivity index (χ1n) is 5.87. The molecule has 0 aromatic rings. The molecule has 1 N–H and O–H groups in total. The van der Waals surface area contributed by atoms with E-state index in [4.69, 9.17) is 9.47 Å².